The van der Waals surface area contributed by atoms with Crippen molar-refractivity contribution in [2.75, 3.05) is 19.6 Å². The van der Waals surface area contributed by atoms with Gasteiger partial charge in [0.25, 0.3) is 0 Å². The van der Waals surface area contributed by atoms with Crippen molar-refractivity contribution in [1.29, 1.82) is 0 Å². The maximum Gasteiger partial charge on any atom is 0.407 e. The van der Waals surface area contributed by atoms with Crippen LogP contribution in [0.15, 0.2) is 0 Å². The molecule has 25 heavy (non-hydrogen) atoms. The van der Waals surface area contributed by atoms with Crippen molar-refractivity contribution in [2.24, 2.45) is 5.92 Å². The molecular weight excluding hydrogens is 318 g/mol. The van der Waals surface area contributed by atoms with Crippen LogP contribution in [0, 0.1) is 5.92 Å². The number of hydrogen-bond acceptors (Lipinski definition) is 3. The zero-order valence-electron chi connectivity index (χ0n) is 16.7. The van der Waals surface area contributed by atoms with E-state index in [1.54, 1.807) is 4.90 Å². The maximum absolute atomic E-state index is 12.4. The molecule has 1 aliphatic heterocycles. The predicted molar refractivity (Wildman–Crippen MR) is 101 cm³/mol. The molecule has 0 bridgehead atoms. The van der Waals surface area contributed by atoms with Crippen molar-refractivity contribution < 1.29 is 14.3 Å². The number of carbonyl (C=O) groups excluding carboxylic acids is 2. The molecule has 0 aromatic heterocycles. The highest BCUT2D eigenvalue weighted by atomic mass is 16.6. The minimum Gasteiger partial charge on any atom is -0.444 e. The summed E-state index contributed by atoms with van der Waals surface area (Å²) >= 11 is 0. The number of carbonyl (C=O) groups is 2. The Morgan fingerprint density at radius 2 is 2.00 bits per heavy atom. The van der Waals surface area contributed by atoms with Crippen molar-refractivity contribution in [3.63, 3.8) is 0 Å². The molecule has 0 aromatic rings. The molecule has 146 valence electrons. The summed E-state index contributed by atoms with van der Waals surface area (Å²) in [6.07, 6.45) is 6.00. The van der Waals surface area contributed by atoms with Gasteiger partial charge in [-0.1, -0.05) is 33.1 Å². The van der Waals surface area contributed by atoms with Gasteiger partial charge in [0.05, 0.1) is 0 Å². The van der Waals surface area contributed by atoms with Crippen LogP contribution in [0.2, 0.25) is 0 Å². The van der Waals surface area contributed by atoms with Crippen LogP contribution in [0.4, 0.5) is 9.59 Å². The number of hydrogen-bond donors (Lipinski definition) is 2. The average Bonchev–Trinajstić information content (AvgIpc) is 2.53. The van der Waals surface area contributed by atoms with Crippen LogP contribution in [0.1, 0.15) is 73.1 Å². The van der Waals surface area contributed by atoms with Crippen LogP contribution in [0.3, 0.4) is 0 Å². The van der Waals surface area contributed by atoms with E-state index < -0.39 is 11.7 Å². The first-order chi connectivity index (χ1) is 11.7. The fraction of sp³-hybridized carbons (Fsp3) is 0.895. The van der Waals surface area contributed by atoms with Gasteiger partial charge in [0.2, 0.25) is 0 Å². The highest BCUT2D eigenvalue weighted by Gasteiger charge is 2.26. The van der Waals surface area contributed by atoms with Gasteiger partial charge in [-0.25, -0.2) is 9.59 Å². The Labute approximate surface area is 153 Å². The highest BCUT2D eigenvalue weighted by molar-refractivity contribution is 5.74. The van der Waals surface area contributed by atoms with E-state index in [0.717, 1.165) is 38.8 Å². The first-order valence-electron chi connectivity index (χ1n) is 9.77. The Balaban J connectivity index is 2.40. The molecule has 6 nitrogen and oxygen atoms in total. The monoisotopic (exact) mass is 355 g/mol. The molecule has 0 radical (unpaired) electrons. The van der Waals surface area contributed by atoms with Gasteiger partial charge in [-0.3, -0.25) is 0 Å². The molecule has 2 unspecified atom stereocenters. The second-order valence-corrected chi connectivity index (χ2v) is 8.03. The molecule has 0 saturated carbocycles. The molecule has 0 aliphatic carbocycles. The normalized spacial score (nSPS) is 19.2. The van der Waals surface area contributed by atoms with E-state index in [-0.39, 0.29) is 12.1 Å². The van der Waals surface area contributed by atoms with E-state index in [9.17, 15) is 9.59 Å². The Kier molecular flexibility index (Phi) is 9.08. The van der Waals surface area contributed by atoms with Crippen molar-refractivity contribution >= 4 is 12.1 Å². The number of urea groups is 1. The molecule has 1 rings (SSSR count). The van der Waals surface area contributed by atoms with Gasteiger partial charge in [0, 0.05) is 25.7 Å². The van der Waals surface area contributed by atoms with Gasteiger partial charge in [-0.05, 0) is 46.0 Å². The molecule has 0 aromatic carbocycles. The maximum atomic E-state index is 12.4. The molecular formula is C19H37N3O3. The number of unbranched alkanes of at least 4 members (excludes halogenated alkanes) is 1. The molecule has 6 heteroatoms. The lowest BCUT2D eigenvalue weighted by Gasteiger charge is -2.34. The van der Waals surface area contributed by atoms with Gasteiger partial charge < -0.3 is 20.3 Å². The zero-order chi connectivity index (χ0) is 18.9. The van der Waals surface area contributed by atoms with Crippen LogP contribution in [0.5, 0.6) is 0 Å². The first-order valence-corrected chi connectivity index (χ1v) is 9.77. The molecule has 1 heterocycles. The molecule has 1 fully saturated rings. The van der Waals surface area contributed by atoms with Gasteiger partial charge in [-0.2, -0.15) is 0 Å². The van der Waals surface area contributed by atoms with E-state index in [4.69, 9.17) is 4.74 Å². The lowest BCUT2D eigenvalue weighted by atomic mass is 9.99. The SMILES string of the molecule is CCCCC(CC)CNC(=O)N1CCCC(NC(=O)OC(C)(C)C)C1. The van der Waals surface area contributed by atoms with Gasteiger partial charge in [-0.15, -0.1) is 0 Å². The molecule has 0 spiro atoms. The number of rotatable bonds is 7. The number of amides is 3. The summed E-state index contributed by atoms with van der Waals surface area (Å²) in [7, 11) is 0. The number of piperidine rings is 1. The molecule has 1 saturated heterocycles. The Morgan fingerprint density at radius 3 is 2.60 bits per heavy atom. The Hall–Kier alpha value is -1.46. The topological polar surface area (TPSA) is 70.7 Å². The van der Waals surface area contributed by atoms with Crippen LogP contribution >= 0.6 is 0 Å². The van der Waals surface area contributed by atoms with E-state index in [1.165, 1.54) is 12.8 Å². The average molecular weight is 356 g/mol. The lowest BCUT2D eigenvalue weighted by molar-refractivity contribution is 0.0479. The Morgan fingerprint density at radius 1 is 1.28 bits per heavy atom. The number of nitrogens with one attached hydrogen (secondary N) is 2. The lowest BCUT2D eigenvalue weighted by Crippen LogP contribution is -2.53. The summed E-state index contributed by atoms with van der Waals surface area (Å²) < 4.78 is 5.30. The first kappa shape index (κ1) is 21.6. The fourth-order valence-corrected chi connectivity index (χ4v) is 3.04. The smallest absolute Gasteiger partial charge is 0.407 e. The fourth-order valence-electron chi connectivity index (χ4n) is 3.04. The van der Waals surface area contributed by atoms with Crippen LogP contribution in [-0.2, 0) is 4.74 Å². The summed E-state index contributed by atoms with van der Waals surface area (Å²) in [5, 5.41) is 5.95. The standard InChI is InChI=1S/C19H37N3O3/c1-6-8-10-15(7-2)13-20-17(23)22-12-9-11-16(14-22)21-18(24)25-19(3,4)5/h15-16H,6-14H2,1-5H3,(H,20,23)(H,21,24). The van der Waals surface area contributed by atoms with E-state index >= 15 is 0 Å². The Bertz CT molecular complexity index is 421. The van der Waals surface area contributed by atoms with E-state index in [1.807, 2.05) is 20.8 Å². The summed E-state index contributed by atoms with van der Waals surface area (Å²) in [5.41, 5.74) is -0.510. The number of nitrogens with zero attached hydrogens (tertiary/aromatic N) is 1. The second-order valence-electron chi connectivity index (χ2n) is 8.03. The number of ether oxygens (including phenoxy) is 1. The van der Waals surface area contributed by atoms with Crippen LogP contribution in [-0.4, -0.2) is 48.3 Å². The molecule has 3 amide bonds. The molecule has 2 N–H and O–H groups in total. The minimum atomic E-state index is -0.510. The third-order valence-electron chi connectivity index (χ3n) is 4.51. The van der Waals surface area contributed by atoms with Gasteiger partial charge in [0.1, 0.15) is 5.60 Å². The zero-order valence-corrected chi connectivity index (χ0v) is 16.7. The number of likely N-dealkylation sites (tertiary alicyclic amines) is 1. The van der Waals surface area contributed by atoms with E-state index in [0.29, 0.717) is 12.5 Å². The van der Waals surface area contributed by atoms with Crippen molar-refractivity contribution in [2.45, 2.75) is 84.8 Å². The van der Waals surface area contributed by atoms with Crippen molar-refractivity contribution in [3.8, 4) is 0 Å². The third-order valence-corrected chi connectivity index (χ3v) is 4.51. The van der Waals surface area contributed by atoms with Gasteiger partial charge in [0.15, 0.2) is 0 Å². The van der Waals surface area contributed by atoms with Gasteiger partial charge >= 0.3 is 12.1 Å². The van der Waals surface area contributed by atoms with Crippen molar-refractivity contribution in [3.05, 3.63) is 0 Å². The highest BCUT2D eigenvalue weighted by Crippen LogP contribution is 2.14. The number of alkyl carbamates (subject to hydrolysis) is 1. The quantitative estimate of drug-likeness (QED) is 0.727. The predicted octanol–water partition coefficient (Wildman–Crippen LogP) is 3.90. The van der Waals surface area contributed by atoms with Crippen LogP contribution < -0.4 is 10.6 Å². The summed E-state index contributed by atoms with van der Waals surface area (Å²) in [6.45, 7) is 11.9. The molecule has 1 aliphatic rings. The molecule has 2 atom stereocenters. The third kappa shape index (κ3) is 8.98. The van der Waals surface area contributed by atoms with Crippen LogP contribution in [0.25, 0.3) is 0 Å². The van der Waals surface area contributed by atoms with E-state index in [2.05, 4.69) is 24.5 Å². The minimum absolute atomic E-state index is 0.0226. The summed E-state index contributed by atoms with van der Waals surface area (Å²) in [4.78, 5) is 26.1. The summed E-state index contributed by atoms with van der Waals surface area (Å²) in [5.74, 6) is 0.546. The van der Waals surface area contributed by atoms with Crippen molar-refractivity contribution in [1.82, 2.24) is 15.5 Å². The summed E-state index contributed by atoms with van der Waals surface area (Å²) in [6, 6.07) is -0.0675. The second kappa shape index (κ2) is 10.5. The largest absolute Gasteiger partial charge is 0.444 e.